The van der Waals surface area contributed by atoms with E-state index in [9.17, 15) is 9.59 Å². The maximum Gasteiger partial charge on any atom is 0.338 e. The molecule has 0 saturated carbocycles. The first kappa shape index (κ1) is 29.3. The minimum Gasteiger partial charge on any atom is -0.493 e. The number of pyridine rings is 1. The lowest BCUT2D eigenvalue weighted by Gasteiger charge is -2.29. The zero-order valence-electron chi connectivity index (χ0n) is 24.4. The molecule has 1 atom stereocenters. The van der Waals surface area contributed by atoms with Crippen molar-refractivity contribution in [1.82, 2.24) is 4.98 Å². The number of nitrogens with one attached hydrogen (secondary N) is 1. The Balaban J connectivity index is 1.33. The first-order chi connectivity index (χ1) is 20.6. The van der Waals surface area contributed by atoms with Gasteiger partial charge in [-0.1, -0.05) is 51.1 Å². The number of fused-ring (bicyclic) bond motifs is 2. The minimum atomic E-state index is -1.15. The molecular weight excluding hydrogens is 551 g/mol. The van der Waals surface area contributed by atoms with Crippen LogP contribution in [-0.4, -0.2) is 37.2 Å². The molecule has 0 aliphatic carbocycles. The van der Waals surface area contributed by atoms with E-state index in [1.807, 2.05) is 30.3 Å². The zero-order chi connectivity index (χ0) is 30.7. The smallest absolute Gasteiger partial charge is 0.338 e. The predicted molar refractivity (Wildman–Crippen MR) is 163 cm³/mol. The summed E-state index contributed by atoms with van der Waals surface area (Å²) in [5, 5.41) is 5.13. The molecule has 0 spiro atoms. The van der Waals surface area contributed by atoms with Gasteiger partial charge in [0.2, 0.25) is 0 Å². The van der Waals surface area contributed by atoms with Crippen LogP contribution in [0.1, 0.15) is 31.1 Å². The Morgan fingerprint density at radius 2 is 1.53 bits per heavy atom. The van der Waals surface area contributed by atoms with Gasteiger partial charge in [0.15, 0.2) is 29.2 Å². The summed E-state index contributed by atoms with van der Waals surface area (Å²) >= 11 is 0. The SMILES string of the molecule is COc1cc2nccc(Oc3ccc(NC(=O)C(OC(=O)c4ccc5ccccc5c4)C(C)(C)C)cc3F)c2cc1OC. The van der Waals surface area contributed by atoms with E-state index in [4.69, 9.17) is 18.9 Å². The molecule has 0 aliphatic rings. The highest BCUT2D eigenvalue weighted by Gasteiger charge is 2.35. The van der Waals surface area contributed by atoms with Crippen LogP contribution in [0.15, 0.2) is 85.1 Å². The fraction of sp³-hybridized carbons (Fsp3) is 0.206. The second kappa shape index (κ2) is 12.0. The average Bonchev–Trinajstić information content (AvgIpc) is 2.99. The summed E-state index contributed by atoms with van der Waals surface area (Å²) in [6, 6.07) is 21.9. The highest BCUT2D eigenvalue weighted by molar-refractivity contribution is 5.99. The standard InChI is InChI=1S/C34H31FN2O6/c1-34(2,3)31(43-33(39)22-11-10-20-8-6-7-9-21(20)16-22)32(38)37-23-12-13-28(25(35)17-23)42-27-14-15-36-26-19-30(41-5)29(40-4)18-24(26)27/h6-19,31H,1-5H3,(H,37,38). The van der Waals surface area contributed by atoms with E-state index in [-0.39, 0.29) is 11.4 Å². The lowest BCUT2D eigenvalue weighted by Crippen LogP contribution is -2.42. The third-order valence-electron chi connectivity index (χ3n) is 6.86. The van der Waals surface area contributed by atoms with Gasteiger partial charge in [0, 0.05) is 34.8 Å². The molecule has 220 valence electrons. The Morgan fingerprint density at radius 3 is 2.23 bits per heavy atom. The van der Waals surface area contributed by atoms with Crippen molar-refractivity contribution < 1.29 is 32.9 Å². The summed E-state index contributed by atoms with van der Waals surface area (Å²) in [4.78, 5) is 30.7. The number of halogens is 1. The number of hydrogen-bond donors (Lipinski definition) is 1. The van der Waals surface area contributed by atoms with Crippen LogP contribution in [0, 0.1) is 11.2 Å². The van der Waals surface area contributed by atoms with Crippen molar-refractivity contribution in [2.45, 2.75) is 26.9 Å². The van der Waals surface area contributed by atoms with E-state index in [0.717, 1.165) is 16.8 Å². The average molecular weight is 583 g/mol. The molecule has 0 aliphatic heterocycles. The van der Waals surface area contributed by atoms with Crippen molar-refractivity contribution in [3.05, 3.63) is 96.4 Å². The van der Waals surface area contributed by atoms with Gasteiger partial charge in [-0.05, 0) is 47.2 Å². The topological polar surface area (TPSA) is 96.0 Å². The number of methoxy groups -OCH3 is 2. The van der Waals surface area contributed by atoms with Crippen molar-refractivity contribution in [2.75, 3.05) is 19.5 Å². The highest BCUT2D eigenvalue weighted by Crippen LogP contribution is 2.37. The number of rotatable bonds is 8. The van der Waals surface area contributed by atoms with E-state index in [1.165, 1.54) is 26.4 Å². The first-order valence-corrected chi connectivity index (χ1v) is 13.6. The molecule has 0 radical (unpaired) electrons. The van der Waals surface area contributed by atoms with Crippen LogP contribution in [0.4, 0.5) is 10.1 Å². The first-order valence-electron chi connectivity index (χ1n) is 13.6. The van der Waals surface area contributed by atoms with Gasteiger partial charge in [0.1, 0.15) is 5.75 Å². The van der Waals surface area contributed by atoms with Crippen LogP contribution in [-0.2, 0) is 9.53 Å². The molecule has 5 rings (SSSR count). The van der Waals surface area contributed by atoms with Gasteiger partial charge < -0.3 is 24.3 Å². The molecule has 8 nitrogen and oxygen atoms in total. The maximum absolute atomic E-state index is 15.2. The Kier molecular flexibility index (Phi) is 8.16. The molecule has 1 amide bonds. The number of benzene rings is 4. The molecule has 4 aromatic carbocycles. The van der Waals surface area contributed by atoms with Crippen LogP contribution < -0.4 is 19.5 Å². The second-order valence-corrected chi connectivity index (χ2v) is 11.0. The summed E-state index contributed by atoms with van der Waals surface area (Å²) in [5.41, 5.74) is 0.334. The molecule has 1 unspecified atom stereocenters. The number of amides is 1. The largest absolute Gasteiger partial charge is 0.493 e. The minimum absolute atomic E-state index is 0.0598. The van der Waals surface area contributed by atoms with Crippen molar-refractivity contribution in [3.63, 3.8) is 0 Å². The zero-order valence-corrected chi connectivity index (χ0v) is 24.4. The molecule has 1 heterocycles. The van der Waals surface area contributed by atoms with Gasteiger partial charge in [-0.2, -0.15) is 0 Å². The number of esters is 1. The third kappa shape index (κ3) is 6.35. The predicted octanol–water partition coefficient (Wildman–Crippen LogP) is 7.55. The monoisotopic (exact) mass is 582 g/mol. The molecular formula is C34H31FN2O6. The van der Waals surface area contributed by atoms with Crippen LogP contribution in [0.25, 0.3) is 21.7 Å². The van der Waals surface area contributed by atoms with Crippen LogP contribution in [0.3, 0.4) is 0 Å². The Labute approximate surface area is 248 Å². The van der Waals surface area contributed by atoms with Crippen LogP contribution in [0.5, 0.6) is 23.0 Å². The van der Waals surface area contributed by atoms with E-state index >= 15 is 4.39 Å². The van der Waals surface area contributed by atoms with Crippen LogP contribution >= 0.6 is 0 Å². The number of hydrogen-bond acceptors (Lipinski definition) is 7. The number of carbonyl (C=O) groups is 2. The van der Waals surface area contributed by atoms with Gasteiger partial charge in [-0.25, -0.2) is 9.18 Å². The number of carbonyl (C=O) groups excluding carboxylic acids is 2. The van der Waals surface area contributed by atoms with Gasteiger partial charge in [0.05, 0.1) is 25.3 Å². The lowest BCUT2D eigenvalue weighted by atomic mass is 9.88. The molecule has 0 fully saturated rings. The lowest BCUT2D eigenvalue weighted by molar-refractivity contribution is -0.130. The summed E-state index contributed by atoms with van der Waals surface area (Å²) in [6.07, 6.45) is 0.391. The number of ether oxygens (including phenoxy) is 4. The van der Waals surface area contributed by atoms with E-state index in [0.29, 0.717) is 33.7 Å². The fourth-order valence-corrected chi connectivity index (χ4v) is 4.64. The summed E-state index contributed by atoms with van der Waals surface area (Å²) < 4.78 is 37.5. The quantitative estimate of drug-likeness (QED) is 0.189. The highest BCUT2D eigenvalue weighted by atomic mass is 19.1. The number of nitrogens with zero attached hydrogens (tertiary/aromatic N) is 1. The number of aromatic nitrogens is 1. The normalized spacial score (nSPS) is 12.0. The Bertz CT molecular complexity index is 1830. The van der Waals surface area contributed by atoms with Crippen molar-refractivity contribution in [1.29, 1.82) is 0 Å². The van der Waals surface area contributed by atoms with E-state index in [1.54, 1.807) is 57.3 Å². The maximum atomic E-state index is 15.2. The fourth-order valence-electron chi connectivity index (χ4n) is 4.64. The van der Waals surface area contributed by atoms with E-state index in [2.05, 4.69) is 10.3 Å². The van der Waals surface area contributed by atoms with Gasteiger partial charge >= 0.3 is 5.97 Å². The van der Waals surface area contributed by atoms with Gasteiger partial charge in [-0.3, -0.25) is 9.78 Å². The molecule has 1 N–H and O–H groups in total. The van der Waals surface area contributed by atoms with Gasteiger partial charge in [0.25, 0.3) is 5.91 Å². The molecule has 0 saturated heterocycles. The Hall–Kier alpha value is -5.18. The molecule has 5 aromatic rings. The molecule has 43 heavy (non-hydrogen) atoms. The molecule has 9 heteroatoms. The van der Waals surface area contributed by atoms with Gasteiger partial charge in [-0.15, -0.1) is 0 Å². The van der Waals surface area contributed by atoms with E-state index < -0.39 is 29.2 Å². The molecule has 1 aromatic heterocycles. The summed E-state index contributed by atoms with van der Waals surface area (Å²) in [7, 11) is 3.04. The number of anilines is 1. The second-order valence-electron chi connectivity index (χ2n) is 11.0. The Morgan fingerprint density at radius 1 is 0.814 bits per heavy atom. The van der Waals surface area contributed by atoms with Crippen molar-refractivity contribution >= 4 is 39.2 Å². The summed E-state index contributed by atoms with van der Waals surface area (Å²) in [5.74, 6) is -0.650. The molecule has 0 bridgehead atoms. The third-order valence-corrected chi connectivity index (χ3v) is 6.86. The summed E-state index contributed by atoms with van der Waals surface area (Å²) in [6.45, 7) is 5.35. The van der Waals surface area contributed by atoms with Crippen molar-refractivity contribution in [2.24, 2.45) is 5.41 Å². The van der Waals surface area contributed by atoms with Crippen LogP contribution in [0.2, 0.25) is 0 Å². The van der Waals surface area contributed by atoms with Crippen molar-refractivity contribution in [3.8, 4) is 23.0 Å².